The predicted octanol–water partition coefficient (Wildman–Crippen LogP) is 3.03. The van der Waals surface area contributed by atoms with Crippen LogP contribution >= 0.6 is 11.3 Å². The van der Waals surface area contributed by atoms with E-state index in [4.69, 9.17) is 9.47 Å². The average Bonchev–Trinajstić information content (AvgIpc) is 3.47. The number of rotatable bonds is 8. The predicted molar refractivity (Wildman–Crippen MR) is 111 cm³/mol. The molecular formula is C22H25FN2O4S. The van der Waals surface area contributed by atoms with Gasteiger partial charge in [-0.2, -0.15) is 0 Å². The maximum atomic E-state index is 14.0. The van der Waals surface area contributed by atoms with E-state index in [2.05, 4.69) is 0 Å². The third-order valence-corrected chi connectivity index (χ3v) is 6.53. The molecule has 1 aliphatic heterocycles. The molecule has 2 amide bonds. The maximum absolute atomic E-state index is 14.0. The van der Waals surface area contributed by atoms with Gasteiger partial charge in [-0.15, -0.1) is 11.3 Å². The molecule has 1 saturated carbocycles. The van der Waals surface area contributed by atoms with Crippen molar-refractivity contribution in [2.24, 2.45) is 0 Å². The average molecular weight is 433 g/mol. The van der Waals surface area contributed by atoms with E-state index in [1.165, 1.54) is 18.1 Å². The molecule has 0 saturated heterocycles. The Kier molecular flexibility index (Phi) is 6.34. The molecule has 0 unspecified atom stereocenters. The number of ether oxygens (including phenoxy) is 2. The summed E-state index contributed by atoms with van der Waals surface area (Å²) in [7, 11) is 1.48. The number of para-hydroxylation sites is 1. The number of fused-ring (bicyclic) bond motifs is 1. The minimum absolute atomic E-state index is 0.0295. The van der Waals surface area contributed by atoms with Gasteiger partial charge in [0.05, 0.1) is 6.04 Å². The number of nitrogens with zero attached hydrogens (tertiary/aromatic N) is 2. The van der Waals surface area contributed by atoms with Gasteiger partial charge in [0, 0.05) is 24.6 Å². The molecule has 1 aromatic carbocycles. The summed E-state index contributed by atoms with van der Waals surface area (Å²) >= 11 is 1.66. The molecule has 0 spiro atoms. The molecule has 1 aromatic heterocycles. The van der Waals surface area contributed by atoms with Gasteiger partial charge in [-0.3, -0.25) is 9.59 Å². The Morgan fingerprint density at radius 1 is 1.27 bits per heavy atom. The normalized spacial score (nSPS) is 18.1. The van der Waals surface area contributed by atoms with Gasteiger partial charge in [0.15, 0.2) is 11.6 Å². The second kappa shape index (κ2) is 9.14. The molecule has 30 heavy (non-hydrogen) atoms. The third-order valence-electron chi connectivity index (χ3n) is 5.53. The summed E-state index contributed by atoms with van der Waals surface area (Å²) in [4.78, 5) is 30.2. The number of thiophene rings is 1. The number of amides is 2. The molecule has 0 N–H and O–H groups in total. The molecular weight excluding hydrogens is 407 g/mol. The van der Waals surface area contributed by atoms with E-state index in [9.17, 15) is 14.0 Å². The number of hydrogen-bond acceptors (Lipinski definition) is 5. The van der Waals surface area contributed by atoms with Crippen LogP contribution in [0.5, 0.6) is 5.75 Å². The number of hydrogen-bond donors (Lipinski definition) is 0. The van der Waals surface area contributed by atoms with E-state index < -0.39 is 5.82 Å². The van der Waals surface area contributed by atoms with Gasteiger partial charge in [0.25, 0.3) is 0 Å². The largest absolute Gasteiger partial charge is 0.488 e. The number of carbonyl (C=O) groups is 2. The molecule has 0 bridgehead atoms. The summed E-state index contributed by atoms with van der Waals surface area (Å²) in [5.74, 6) is -0.546. The Labute approximate surface area is 179 Å². The van der Waals surface area contributed by atoms with Gasteiger partial charge in [0.2, 0.25) is 11.8 Å². The van der Waals surface area contributed by atoms with Crippen molar-refractivity contribution in [1.82, 2.24) is 9.80 Å². The van der Waals surface area contributed by atoms with E-state index in [1.807, 2.05) is 11.4 Å². The highest BCUT2D eigenvalue weighted by molar-refractivity contribution is 7.10. The highest BCUT2D eigenvalue weighted by Gasteiger charge is 2.37. The lowest BCUT2D eigenvalue weighted by Gasteiger charge is -2.37. The fourth-order valence-electron chi connectivity index (χ4n) is 3.86. The zero-order valence-corrected chi connectivity index (χ0v) is 17.7. The summed E-state index contributed by atoms with van der Waals surface area (Å²) in [6.45, 7) is 0.710. The maximum Gasteiger partial charge on any atom is 0.249 e. The van der Waals surface area contributed by atoms with Crippen LogP contribution in [0.1, 0.15) is 29.3 Å². The van der Waals surface area contributed by atoms with Crippen molar-refractivity contribution in [2.75, 3.05) is 33.4 Å². The van der Waals surface area contributed by atoms with Gasteiger partial charge in [0.1, 0.15) is 19.8 Å². The summed E-state index contributed by atoms with van der Waals surface area (Å²) in [6, 6.07) is 8.06. The van der Waals surface area contributed by atoms with Crippen molar-refractivity contribution in [3.05, 3.63) is 52.0 Å². The van der Waals surface area contributed by atoms with Crippen LogP contribution < -0.4 is 4.74 Å². The number of benzene rings is 1. The smallest absolute Gasteiger partial charge is 0.249 e. The fourth-order valence-corrected chi connectivity index (χ4v) is 4.78. The van der Waals surface area contributed by atoms with Crippen LogP contribution in [-0.4, -0.2) is 61.1 Å². The lowest BCUT2D eigenvalue weighted by atomic mass is 10.0. The van der Waals surface area contributed by atoms with Crippen LogP contribution in [0.3, 0.4) is 0 Å². The quantitative estimate of drug-likeness (QED) is 0.644. The van der Waals surface area contributed by atoms with Crippen molar-refractivity contribution >= 4 is 23.2 Å². The highest BCUT2D eigenvalue weighted by Crippen LogP contribution is 2.35. The zero-order chi connectivity index (χ0) is 21.1. The molecule has 2 aliphatic rings. The van der Waals surface area contributed by atoms with Gasteiger partial charge >= 0.3 is 0 Å². The molecule has 8 heteroatoms. The Morgan fingerprint density at radius 2 is 2.07 bits per heavy atom. The molecule has 2 aromatic rings. The van der Waals surface area contributed by atoms with Crippen LogP contribution in [0.15, 0.2) is 35.7 Å². The van der Waals surface area contributed by atoms with Crippen molar-refractivity contribution in [1.29, 1.82) is 0 Å². The minimum Gasteiger partial charge on any atom is -0.488 e. The SMILES string of the molecule is COCC(=O)N(CC(=O)N1CCc2sccc2[C@H]1COc1ccccc1F)C1CC1. The van der Waals surface area contributed by atoms with E-state index in [-0.39, 0.29) is 49.4 Å². The first kappa shape index (κ1) is 20.8. The first-order valence-electron chi connectivity index (χ1n) is 10.1. The molecule has 0 radical (unpaired) electrons. The zero-order valence-electron chi connectivity index (χ0n) is 16.9. The summed E-state index contributed by atoms with van der Waals surface area (Å²) in [6.07, 6.45) is 2.60. The first-order valence-corrected chi connectivity index (χ1v) is 11.0. The van der Waals surface area contributed by atoms with Crippen LogP contribution in [0.2, 0.25) is 0 Å². The topological polar surface area (TPSA) is 59.1 Å². The first-order chi connectivity index (χ1) is 14.6. The van der Waals surface area contributed by atoms with Crippen LogP contribution in [-0.2, 0) is 20.7 Å². The monoisotopic (exact) mass is 432 g/mol. The van der Waals surface area contributed by atoms with Crippen molar-refractivity contribution in [3.63, 3.8) is 0 Å². The Hall–Kier alpha value is -2.45. The summed E-state index contributed by atoms with van der Waals surface area (Å²) in [5.41, 5.74) is 1.04. The van der Waals surface area contributed by atoms with Crippen molar-refractivity contribution < 1.29 is 23.5 Å². The second-order valence-corrected chi connectivity index (χ2v) is 8.58. The number of methoxy groups -OCH3 is 1. The molecule has 1 aliphatic carbocycles. The molecule has 1 atom stereocenters. The van der Waals surface area contributed by atoms with E-state index in [0.717, 1.165) is 24.8 Å². The number of halogens is 1. The van der Waals surface area contributed by atoms with E-state index in [0.29, 0.717) is 6.54 Å². The van der Waals surface area contributed by atoms with Crippen LogP contribution in [0.4, 0.5) is 4.39 Å². The highest BCUT2D eigenvalue weighted by atomic mass is 32.1. The second-order valence-electron chi connectivity index (χ2n) is 7.58. The van der Waals surface area contributed by atoms with Crippen LogP contribution in [0.25, 0.3) is 0 Å². The van der Waals surface area contributed by atoms with Gasteiger partial charge in [-0.1, -0.05) is 12.1 Å². The Morgan fingerprint density at radius 3 is 2.80 bits per heavy atom. The lowest BCUT2D eigenvalue weighted by molar-refractivity contribution is -0.145. The molecule has 2 heterocycles. The molecule has 4 rings (SSSR count). The third kappa shape index (κ3) is 4.49. The van der Waals surface area contributed by atoms with E-state index in [1.54, 1.807) is 39.3 Å². The molecule has 160 valence electrons. The van der Waals surface area contributed by atoms with Crippen LogP contribution in [0, 0.1) is 5.82 Å². The summed E-state index contributed by atoms with van der Waals surface area (Å²) < 4.78 is 24.7. The summed E-state index contributed by atoms with van der Waals surface area (Å²) in [5, 5.41) is 2.01. The fraction of sp³-hybridized carbons (Fsp3) is 0.455. The van der Waals surface area contributed by atoms with Crippen molar-refractivity contribution in [3.8, 4) is 5.75 Å². The minimum atomic E-state index is -0.429. The van der Waals surface area contributed by atoms with Gasteiger partial charge in [-0.25, -0.2) is 4.39 Å². The Bertz CT molecular complexity index is 914. The molecule has 1 fully saturated rings. The van der Waals surface area contributed by atoms with Gasteiger partial charge < -0.3 is 19.3 Å². The van der Waals surface area contributed by atoms with Gasteiger partial charge in [-0.05, 0) is 48.4 Å². The van der Waals surface area contributed by atoms with Crippen molar-refractivity contribution in [2.45, 2.75) is 31.3 Å². The number of carbonyl (C=O) groups excluding carboxylic acids is 2. The Balaban J connectivity index is 1.50. The lowest BCUT2D eigenvalue weighted by Crippen LogP contribution is -2.49. The standard InChI is InChI=1S/C22H25FN2O4S/c1-28-14-22(27)25(15-6-7-15)12-21(26)24-10-8-20-16(9-11-30-20)18(24)13-29-19-5-3-2-4-17(19)23/h2-5,9,11,15,18H,6-8,10,12-14H2,1H3/t18-/m1/s1. The molecule has 6 nitrogen and oxygen atoms in total. The van der Waals surface area contributed by atoms with E-state index >= 15 is 0 Å².